The number of methoxy groups -OCH3 is 1. The number of nitrogens with one attached hydrogen (secondary N) is 2. The van der Waals surface area contributed by atoms with Gasteiger partial charge in [-0.1, -0.05) is 29.3 Å². The molecule has 3 aromatic carbocycles. The van der Waals surface area contributed by atoms with E-state index in [2.05, 4.69) is 31.8 Å². The lowest BCUT2D eigenvalue weighted by Gasteiger charge is -2.14. The van der Waals surface area contributed by atoms with E-state index in [1.54, 1.807) is 48.5 Å². The summed E-state index contributed by atoms with van der Waals surface area (Å²) in [5.74, 6) is 1.99. The summed E-state index contributed by atoms with van der Waals surface area (Å²) in [5, 5.41) is 8.09. The summed E-state index contributed by atoms with van der Waals surface area (Å²) < 4.78 is 22.6. The average molecular weight is 581 g/mol. The van der Waals surface area contributed by atoms with Crippen molar-refractivity contribution >= 4 is 56.9 Å². The van der Waals surface area contributed by atoms with Gasteiger partial charge in [-0.2, -0.15) is 5.10 Å². The normalized spacial score (nSPS) is 12.0. The van der Waals surface area contributed by atoms with Crippen LogP contribution < -0.4 is 29.7 Å². The van der Waals surface area contributed by atoms with Crippen LogP contribution in [0.4, 0.5) is 5.69 Å². The number of carbonyl (C=O) groups excluding carboxylic acids is 1. The highest BCUT2D eigenvalue weighted by Gasteiger charge is 2.14. The van der Waals surface area contributed by atoms with E-state index < -0.39 is 0 Å². The molecule has 182 valence electrons. The van der Waals surface area contributed by atoms with Gasteiger partial charge in [0.15, 0.2) is 23.0 Å². The molecule has 1 heterocycles. The number of halogens is 3. The van der Waals surface area contributed by atoms with Gasteiger partial charge in [-0.05, 0) is 57.9 Å². The first kappa shape index (κ1) is 25.0. The third-order valence-corrected chi connectivity index (χ3v) is 6.04. The zero-order valence-electron chi connectivity index (χ0n) is 18.4. The average Bonchev–Trinajstić information content (AvgIpc) is 3.31. The van der Waals surface area contributed by atoms with Crippen LogP contribution >= 0.6 is 39.1 Å². The minimum Gasteiger partial charge on any atom is -0.493 e. The van der Waals surface area contributed by atoms with Gasteiger partial charge in [0.05, 0.1) is 24.3 Å². The van der Waals surface area contributed by atoms with E-state index in [-0.39, 0.29) is 25.9 Å². The molecule has 0 saturated heterocycles. The van der Waals surface area contributed by atoms with Crippen LogP contribution in [0.15, 0.2) is 58.1 Å². The van der Waals surface area contributed by atoms with E-state index in [4.69, 9.17) is 42.1 Å². The molecule has 0 bridgehead atoms. The summed E-state index contributed by atoms with van der Waals surface area (Å²) in [6.07, 6.45) is 1.51. The molecule has 11 heteroatoms. The fourth-order valence-electron chi connectivity index (χ4n) is 3.15. The van der Waals surface area contributed by atoms with Crippen LogP contribution in [-0.2, 0) is 11.4 Å². The van der Waals surface area contributed by atoms with E-state index in [1.807, 2.05) is 0 Å². The van der Waals surface area contributed by atoms with Crippen molar-refractivity contribution in [2.24, 2.45) is 5.10 Å². The Kier molecular flexibility index (Phi) is 8.22. The summed E-state index contributed by atoms with van der Waals surface area (Å²) in [7, 11) is 1.54. The smallest absolute Gasteiger partial charge is 0.259 e. The number of hydrogen-bond donors (Lipinski definition) is 2. The fourth-order valence-corrected chi connectivity index (χ4v) is 4.19. The Morgan fingerprint density at radius 2 is 1.97 bits per heavy atom. The molecule has 0 aliphatic carbocycles. The Morgan fingerprint density at radius 1 is 1.14 bits per heavy atom. The molecule has 0 saturated carbocycles. The highest BCUT2D eigenvalue weighted by Crippen LogP contribution is 2.37. The van der Waals surface area contributed by atoms with Crippen LogP contribution in [0.5, 0.6) is 23.0 Å². The van der Waals surface area contributed by atoms with E-state index >= 15 is 0 Å². The summed E-state index contributed by atoms with van der Waals surface area (Å²) in [6.45, 7) is 0.452. The second-order valence-corrected chi connectivity index (χ2v) is 8.97. The van der Waals surface area contributed by atoms with E-state index in [0.717, 1.165) is 11.3 Å². The van der Waals surface area contributed by atoms with Gasteiger partial charge >= 0.3 is 0 Å². The fraction of sp³-hybridized carbons (Fsp3) is 0.167. The number of fused-ring (bicyclic) bond motifs is 1. The molecule has 0 radical (unpaired) electrons. The molecule has 1 aliphatic heterocycles. The highest BCUT2D eigenvalue weighted by molar-refractivity contribution is 9.10. The number of benzene rings is 3. The van der Waals surface area contributed by atoms with Gasteiger partial charge in [-0.25, -0.2) is 5.43 Å². The zero-order chi connectivity index (χ0) is 24.8. The maximum absolute atomic E-state index is 12.1. The van der Waals surface area contributed by atoms with Crippen LogP contribution in [-0.4, -0.2) is 32.6 Å². The number of rotatable bonds is 9. The standard InChI is InChI=1S/C24H20BrCl2N3O5/c1-32-22-7-14(6-18(25)24(22)33-12-15-2-3-16(26)8-19(15)27)10-29-30-23(31)11-28-17-4-5-20-21(9-17)35-13-34-20/h2-10,28H,11-13H2,1H3,(H,30,31)/b29-10-. The summed E-state index contributed by atoms with van der Waals surface area (Å²) in [5.41, 5.74) is 4.69. The third kappa shape index (κ3) is 6.50. The lowest BCUT2D eigenvalue weighted by molar-refractivity contribution is -0.119. The molecular formula is C24H20BrCl2N3O5. The zero-order valence-corrected chi connectivity index (χ0v) is 21.5. The van der Waals surface area contributed by atoms with E-state index in [9.17, 15) is 4.79 Å². The largest absolute Gasteiger partial charge is 0.493 e. The van der Waals surface area contributed by atoms with Crippen molar-refractivity contribution in [2.75, 3.05) is 25.8 Å². The SMILES string of the molecule is COc1cc(/C=N\NC(=O)CNc2ccc3c(c2)OCO3)cc(Br)c1OCc1ccc(Cl)cc1Cl. The molecule has 35 heavy (non-hydrogen) atoms. The van der Waals surface area contributed by atoms with Crippen LogP contribution in [0.1, 0.15) is 11.1 Å². The summed E-state index contributed by atoms with van der Waals surface area (Å²) in [6, 6.07) is 14.1. The minimum absolute atomic E-state index is 0.0318. The summed E-state index contributed by atoms with van der Waals surface area (Å²) in [4.78, 5) is 12.1. The number of amides is 1. The number of hydrazone groups is 1. The van der Waals surface area contributed by atoms with Crippen molar-refractivity contribution in [3.8, 4) is 23.0 Å². The quantitative estimate of drug-likeness (QED) is 0.252. The van der Waals surface area contributed by atoms with Crippen molar-refractivity contribution < 1.29 is 23.7 Å². The number of anilines is 1. The predicted molar refractivity (Wildman–Crippen MR) is 138 cm³/mol. The van der Waals surface area contributed by atoms with Crippen molar-refractivity contribution in [3.05, 3.63) is 74.2 Å². The molecule has 0 atom stereocenters. The molecular weight excluding hydrogens is 561 g/mol. The van der Waals surface area contributed by atoms with Gasteiger partial charge in [0.25, 0.3) is 5.91 Å². The highest BCUT2D eigenvalue weighted by atomic mass is 79.9. The van der Waals surface area contributed by atoms with Crippen LogP contribution in [0.2, 0.25) is 10.0 Å². The molecule has 1 amide bonds. The maximum Gasteiger partial charge on any atom is 0.259 e. The Balaban J connectivity index is 1.33. The lowest BCUT2D eigenvalue weighted by atomic mass is 10.2. The Hall–Kier alpha value is -3.14. The minimum atomic E-state index is -0.315. The van der Waals surface area contributed by atoms with Gasteiger partial charge in [0.1, 0.15) is 6.61 Å². The molecule has 0 spiro atoms. The number of hydrogen-bond acceptors (Lipinski definition) is 7. The number of nitrogens with zero attached hydrogens (tertiary/aromatic N) is 1. The number of carbonyl (C=O) groups is 1. The number of ether oxygens (including phenoxy) is 4. The van der Waals surface area contributed by atoms with Gasteiger partial charge in [0.2, 0.25) is 6.79 Å². The molecule has 2 N–H and O–H groups in total. The first-order chi connectivity index (χ1) is 16.9. The van der Waals surface area contributed by atoms with E-state index in [1.165, 1.54) is 13.3 Å². The monoisotopic (exact) mass is 579 g/mol. The molecule has 1 aliphatic rings. The van der Waals surface area contributed by atoms with E-state index in [0.29, 0.717) is 43.1 Å². The third-order valence-electron chi connectivity index (χ3n) is 4.87. The van der Waals surface area contributed by atoms with Crippen molar-refractivity contribution in [1.29, 1.82) is 0 Å². The Labute approximate surface area is 220 Å². The maximum atomic E-state index is 12.1. The molecule has 0 aromatic heterocycles. The van der Waals surface area contributed by atoms with Gasteiger partial charge in [-0.3, -0.25) is 4.79 Å². The van der Waals surface area contributed by atoms with Crippen LogP contribution in [0, 0.1) is 0 Å². The Bertz CT molecular complexity index is 1270. The molecule has 4 rings (SSSR count). The van der Waals surface area contributed by atoms with Crippen molar-refractivity contribution in [2.45, 2.75) is 6.61 Å². The van der Waals surface area contributed by atoms with Crippen molar-refractivity contribution in [1.82, 2.24) is 5.43 Å². The van der Waals surface area contributed by atoms with Crippen LogP contribution in [0.25, 0.3) is 0 Å². The first-order valence-electron chi connectivity index (χ1n) is 10.3. The van der Waals surface area contributed by atoms with Gasteiger partial charge in [-0.15, -0.1) is 0 Å². The molecule has 0 fully saturated rings. The Morgan fingerprint density at radius 3 is 2.77 bits per heavy atom. The van der Waals surface area contributed by atoms with Crippen molar-refractivity contribution in [3.63, 3.8) is 0 Å². The summed E-state index contributed by atoms with van der Waals surface area (Å²) >= 11 is 15.7. The lowest BCUT2D eigenvalue weighted by Crippen LogP contribution is -2.25. The van der Waals surface area contributed by atoms with Gasteiger partial charge < -0.3 is 24.3 Å². The second-order valence-electron chi connectivity index (χ2n) is 7.27. The molecule has 3 aromatic rings. The molecule has 0 unspecified atom stereocenters. The van der Waals surface area contributed by atoms with Gasteiger partial charge in [0, 0.05) is 27.4 Å². The second kappa shape index (κ2) is 11.5. The predicted octanol–water partition coefficient (Wildman–Crippen LogP) is 5.63. The topological polar surface area (TPSA) is 90.4 Å². The first-order valence-corrected chi connectivity index (χ1v) is 11.9. The molecule has 8 nitrogen and oxygen atoms in total. The van der Waals surface area contributed by atoms with Crippen LogP contribution in [0.3, 0.4) is 0 Å².